The monoisotopic (exact) mass is 331 g/mol. The zero-order valence-corrected chi connectivity index (χ0v) is 13.8. The molecule has 0 saturated carbocycles. The van der Waals surface area contributed by atoms with Gasteiger partial charge in [0, 0.05) is 25.2 Å². The van der Waals surface area contributed by atoms with Crippen molar-refractivity contribution in [2.45, 2.75) is 25.9 Å². The normalized spacial score (nSPS) is 16.0. The average molecular weight is 332 g/mol. The predicted molar refractivity (Wildman–Crippen MR) is 92.3 cm³/mol. The number of halogens is 1. The summed E-state index contributed by atoms with van der Waals surface area (Å²) >= 11 is 0. The highest BCUT2D eigenvalue weighted by Gasteiger charge is 2.30. The topological polar surface area (TPSA) is 64.7 Å². The molecule has 7 heteroatoms. The maximum absolute atomic E-state index is 12.5. The van der Waals surface area contributed by atoms with Gasteiger partial charge in [-0.1, -0.05) is 37.3 Å². The first-order valence-electron chi connectivity index (χ1n) is 7.48. The van der Waals surface area contributed by atoms with E-state index in [0.29, 0.717) is 18.2 Å². The van der Waals surface area contributed by atoms with Crippen molar-refractivity contribution in [3.63, 3.8) is 0 Å². The Labute approximate surface area is 139 Å². The number of imidazole rings is 1. The number of fused-ring (bicyclic) bond motifs is 3. The highest BCUT2D eigenvalue weighted by atomic mass is 35.5. The highest BCUT2D eigenvalue weighted by Crippen LogP contribution is 2.32. The SMILES string of the molecule is CC[C@H]1Cn2c(c3nc(-c4ccccc4)nc-3n(C)c2=O)N1.Cl. The molecule has 1 aromatic rings. The van der Waals surface area contributed by atoms with E-state index in [1.165, 1.54) is 0 Å². The summed E-state index contributed by atoms with van der Waals surface area (Å²) in [6, 6.07) is 10.1. The van der Waals surface area contributed by atoms with Crippen LogP contribution >= 0.6 is 12.4 Å². The first-order chi connectivity index (χ1) is 10.7. The Hall–Kier alpha value is -2.34. The molecule has 23 heavy (non-hydrogen) atoms. The number of hydrogen-bond donors (Lipinski definition) is 1. The number of rotatable bonds is 2. The van der Waals surface area contributed by atoms with Crippen LogP contribution in [0.5, 0.6) is 0 Å². The summed E-state index contributed by atoms with van der Waals surface area (Å²) < 4.78 is 3.35. The van der Waals surface area contributed by atoms with Crippen LogP contribution in [0.15, 0.2) is 35.1 Å². The van der Waals surface area contributed by atoms with Crippen molar-refractivity contribution in [3.8, 4) is 22.9 Å². The molecule has 0 amide bonds. The van der Waals surface area contributed by atoms with Crippen molar-refractivity contribution in [1.29, 1.82) is 0 Å². The third kappa shape index (κ3) is 2.30. The molecule has 1 atom stereocenters. The molecule has 1 aromatic carbocycles. The van der Waals surface area contributed by atoms with Gasteiger partial charge in [-0.3, -0.25) is 9.13 Å². The second-order valence-corrected chi connectivity index (χ2v) is 5.64. The van der Waals surface area contributed by atoms with Crippen LogP contribution in [0.4, 0.5) is 5.82 Å². The van der Waals surface area contributed by atoms with Crippen molar-refractivity contribution in [1.82, 2.24) is 19.1 Å². The Kier molecular flexibility index (Phi) is 3.85. The van der Waals surface area contributed by atoms with Gasteiger partial charge >= 0.3 is 5.69 Å². The number of aromatic nitrogens is 4. The molecule has 4 rings (SSSR count). The van der Waals surface area contributed by atoms with Crippen molar-refractivity contribution < 1.29 is 0 Å². The summed E-state index contributed by atoms with van der Waals surface area (Å²) in [4.78, 5) is 21.7. The molecule has 0 spiro atoms. The third-order valence-electron chi connectivity index (χ3n) is 4.24. The maximum Gasteiger partial charge on any atom is 0.331 e. The summed E-state index contributed by atoms with van der Waals surface area (Å²) in [6.45, 7) is 2.79. The molecule has 0 unspecified atom stereocenters. The molecule has 0 aliphatic carbocycles. The van der Waals surface area contributed by atoms with Crippen LogP contribution in [0, 0.1) is 0 Å². The highest BCUT2D eigenvalue weighted by molar-refractivity contribution is 5.85. The predicted octanol–water partition coefficient (Wildman–Crippen LogP) is 2.37. The Bertz CT molecular complexity index is 870. The van der Waals surface area contributed by atoms with Gasteiger partial charge in [-0.25, -0.2) is 14.8 Å². The fourth-order valence-corrected chi connectivity index (χ4v) is 2.94. The fourth-order valence-electron chi connectivity index (χ4n) is 2.94. The second kappa shape index (κ2) is 5.70. The number of nitrogens with zero attached hydrogens (tertiary/aromatic N) is 4. The summed E-state index contributed by atoms with van der Waals surface area (Å²) in [5, 5.41) is 3.41. The van der Waals surface area contributed by atoms with E-state index < -0.39 is 0 Å². The number of benzene rings is 1. The molecular formula is C16H18ClN5O. The first-order valence-corrected chi connectivity index (χ1v) is 7.48. The molecule has 0 radical (unpaired) electrons. The molecule has 0 aromatic heterocycles. The molecule has 0 bridgehead atoms. The average Bonchev–Trinajstić information content (AvgIpc) is 3.17. The molecule has 0 saturated heterocycles. The van der Waals surface area contributed by atoms with Crippen LogP contribution < -0.4 is 11.0 Å². The Morgan fingerprint density at radius 3 is 2.70 bits per heavy atom. The number of hydrogen-bond acceptors (Lipinski definition) is 4. The quantitative estimate of drug-likeness (QED) is 0.783. The third-order valence-corrected chi connectivity index (χ3v) is 4.24. The standard InChI is InChI=1S/C16H17N5O.ClH/c1-3-11-9-21-15(17-11)12-14(20(2)16(21)22)19-13(18-12)10-7-5-4-6-8-10;/h4-8,11,17H,3,9H2,1-2H3;1H/t11-;/m0./s1. The van der Waals surface area contributed by atoms with Gasteiger partial charge in [-0.15, -0.1) is 12.4 Å². The van der Waals surface area contributed by atoms with Crippen molar-refractivity contribution in [2.24, 2.45) is 7.05 Å². The van der Waals surface area contributed by atoms with Crippen LogP contribution in [0.2, 0.25) is 0 Å². The van der Waals surface area contributed by atoms with E-state index in [4.69, 9.17) is 0 Å². The van der Waals surface area contributed by atoms with Gasteiger partial charge in [0.05, 0.1) is 0 Å². The molecular weight excluding hydrogens is 314 g/mol. The minimum absolute atomic E-state index is 0. The minimum atomic E-state index is -0.0505. The lowest BCUT2D eigenvalue weighted by Crippen LogP contribution is -2.30. The van der Waals surface area contributed by atoms with E-state index in [1.54, 1.807) is 16.2 Å². The first kappa shape index (κ1) is 15.6. The summed E-state index contributed by atoms with van der Waals surface area (Å²) in [5.41, 5.74) is 1.66. The second-order valence-electron chi connectivity index (χ2n) is 5.64. The van der Waals surface area contributed by atoms with E-state index in [-0.39, 0.29) is 24.1 Å². The van der Waals surface area contributed by atoms with Gasteiger partial charge < -0.3 is 5.32 Å². The van der Waals surface area contributed by atoms with Gasteiger partial charge in [0.15, 0.2) is 11.6 Å². The van der Waals surface area contributed by atoms with Gasteiger partial charge in [-0.05, 0) is 6.42 Å². The molecule has 3 heterocycles. The summed E-state index contributed by atoms with van der Waals surface area (Å²) in [6.07, 6.45) is 0.964. The van der Waals surface area contributed by atoms with Crippen LogP contribution in [0.25, 0.3) is 22.9 Å². The fraction of sp³-hybridized carbons (Fsp3) is 0.312. The smallest absolute Gasteiger partial charge is 0.331 e. The minimum Gasteiger partial charge on any atom is -0.365 e. The molecule has 3 aliphatic heterocycles. The van der Waals surface area contributed by atoms with E-state index in [0.717, 1.165) is 23.5 Å². The Balaban J connectivity index is 0.00000156. The van der Waals surface area contributed by atoms with E-state index >= 15 is 0 Å². The van der Waals surface area contributed by atoms with Crippen molar-refractivity contribution >= 4 is 18.2 Å². The van der Waals surface area contributed by atoms with Crippen molar-refractivity contribution in [2.75, 3.05) is 5.32 Å². The van der Waals surface area contributed by atoms with Crippen LogP contribution in [-0.4, -0.2) is 25.1 Å². The van der Waals surface area contributed by atoms with E-state index in [1.807, 2.05) is 30.3 Å². The van der Waals surface area contributed by atoms with E-state index in [2.05, 4.69) is 22.2 Å². The largest absolute Gasteiger partial charge is 0.365 e. The Morgan fingerprint density at radius 2 is 2.00 bits per heavy atom. The summed E-state index contributed by atoms with van der Waals surface area (Å²) in [7, 11) is 1.75. The molecule has 0 fully saturated rings. The molecule has 6 nitrogen and oxygen atoms in total. The lowest BCUT2D eigenvalue weighted by Gasteiger charge is -2.10. The molecule has 3 aliphatic rings. The van der Waals surface area contributed by atoms with Crippen LogP contribution in [-0.2, 0) is 13.6 Å². The lowest BCUT2D eigenvalue weighted by molar-refractivity contribution is 0.590. The lowest BCUT2D eigenvalue weighted by atomic mass is 10.2. The Morgan fingerprint density at radius 1 is 1.26 bits per heavy atom. The van der Waals surface area contributed by atoms with E-state index in [9.17, 15) is 4.79 Å². The summed E-state index contributed by atoms with van der Waals surface area (Å²) in [5.74, 6) is 2.07. The number of anilines is 1. The van der Waals surface area contributed by atoms with Gasteiger partial charge in [-0.2, -0.15) is 0 Å². The zero-order valence-electron chi connectivity index (χ0n) is 13.0. The van der Waals surface area contributed by atoms with Gasteiger partial charge in [0.25, 0.3) is 0 Å². The molecule has 1 N–H and O–H groups in total. The number of nitrogens with one attached hydrogen (secondary N) is 1. The van der Waals surface area contributed by atoms with Crippen LogP contribution in [0.3, 0.4) is 0 Å². The zero-order chi connectivity index (χ0) is 15.3. The van der Waals surface area contributed by atoms with Crippen molar-refractivity contribution in [3.05, 3.63) is 40.8 Å². The van der Waals surface area contributed by atoms with Gasteiger partial charge in [0.1, 0.15) is 11.5 Å². The maximum atomic E-state index is 12.5. The molecule has 120 valence electrons. The van der Waals surface area contributed by atoms with Gasteiger partial charge in [0.2, 0.25) is 0 Å². The van der Waals surface area contributed by atoms with Crippen LogP contribution in [0.1, 0.15) is 13.3 Å².